The van der Waals surface area contributed by atoms with Crippen molar-refractivity contribution in [1.82, 2.24) is 14.9 Å². The Labute approximate surface area is 141 Å². The molecule has 2 saturated heterocycles. The van der Waals surface area contributed by atoms with Crippen LogP contribution in [0.3, 0.4) is 0 Å². The molecule has 2 aliphatic heterocycles. The molecule has 0 bridgehead atoms. The van der Waals surface area contributed by atoms with Crippen molar-refractivity contribution in [3.8, 4) is 6.01 Å². The molecule has 0 N–H and O–H groups in total. The fourth-order valence-corrected chi connectivity index (χ4v) is 3.61. The molecule has 0 amide bonds. The van der Waals surface area contributed by atoms with Crippen molar-refractivity contribution < 1.29 is 13.9 Å². The summed E-state index contributed by atoms with van der Waals surface area (Å²) in [5.41, 5.74) is 0.833. The van der Waals surface area contributed by atoms with Crippen LogP contribution in [0, 0.1) is 13.8 Å². The number of aryl methyl sites for hydroxylation is 2. The number of hydrogen-bond acceptors (Lipinski definition) is 6. The molecule has 0 unspecified atom stereocenters. The molecule has 128 valence electrons. The molecule has 0 aliphatic carbocycles. The van der Waals surface area contributed by atoms with E-state index in [4.69, 9.17) is 13.9 Å². The van der Waals surface area contributed by atoms with Gasteiger partial charge in [0.15, 0.2) is 0 Å². The van der Waals surface area contributed by atoms with Gasteiger partial charge in [0.1, 0.15) is 17.6 Å². The SMILES string of the molecule is Cc1ccnc(O[C@H]2CCOC3(C2)CN(Cc2ccc(C)o2)C3)n1. The van der Waals surface area contributed by atoms with Gasteiger partial charge in [-0.1, -0.05) is 0 Å². The van der Waals surface area contributed by atoms with Crippen LogP contribution in [0.15, 0.2) is 28.8 Å². The zero-order valence-electron chi connectivity index (χ0n) is 14.2. The van der Waals surface area contributed by atoms with Gasteiger partial charge in [-0.15, -0.1) is 0 Å². The smallest absolute Gasteiger partial charge is 0.316 e. The Kier molecular flexibility index (Phi) is 4.02. The van der Waals surface area contributed by atoms with Gasteiger partial charge in [-0.25, -0.2) is 9.97 Å². The van der Waals surface area contributed by atoms with Gasteiger partial charge in [-0.3, -0.25) is 4.90 Å². The fourth-order valence-electron chi connectivity index (χ4n) is 3.61. The average Bonchev–Trinajstić information content (AvgIpc) is 2.91. The van der Waals surface area contributed by atoms with Crippen LogP contribution in [-0.2, 0) is 11.3 Å². The molecule has 2 aliphatic rings. The molecule has 4 heterocycles. The average molecular weight is 329 g/mol. The molecule has 2 aromatic heterocycles. The highest BCUT2D eigenvalue weighted by Gasteiger charge is 2.48. The van der Waals surface area contributed by atoms with E-state index < -0.39 is 0 Å². The second kappa shape index (κ2) is 6.18. The predicted molar refractivity (Wildman–Crippen MR) is 87.8 cm³/mol. The Balaban J connectivity index is 1.32. The lowest BCUT2D eigenvalue weighted by Gasteiger charge is -2.52. The van der Waals surface area contributed by atoms with Gasteiger partial charge in [0.2, 0.25) is 0 Å². The van der Waals surface area contributed by atoms with Crippen LogP contribution in [0.2, 0.25) is 0 Å². The molecular weight excluding hydrogens is 306 g/mol. The summed E-state index contributed by atoms with van der Waals surface area (Å²) in [4.78, 5) is 10.9. The van der Waals surface area contributed by atoms with E-state index in [2.05, 4.69) is 14.9 Å². The van der Waals surface area contributed by atoms with E-state index in [1.165, 1.54) is 0 Å². The molecule has 2 aromatic rings. The van der Waals surface area contributed by atoms with Crippen LogP contribution in [0.1, 0.15) is 30.1 Å². The molecule has 0 radical (unpaired) electrons. The number of hydrogen-bond donors (Lipinski definition) is 0. The molecule has 6 nitrogen and oxygen atoms in total. The molecule has 24 heavy (non-hydrogen) atoms. The zero-order valence-corrected chi connectivity index (χ0v) is 14.2. The van der Waals surface area contributed by atoms with Crippen LogP contribution < -0.4 is 4.74 Å². The first-order valence-electron chi connectivity index (χ1n) is 8.48. The minimum Gasteiger partial charge on any atom is -0.465 e. The van der Waals surface area contributed by atoms with E-state index in [1.54, 1.807) is 6.20 Å². The first kappa shape index (κ1) is 15.6. The van der Waals surface area contributed by atoms with Gasteiger partial charge in [0, 0.05) is 37.8 Å². The number of aromatic nitrogens is 2. The second-order valence-electron chi connectivity index (χ2n) is 6.90. The summed E-state index contributed by atoms with van der Waals surface area (Å²) in [6.07, 6.45) is 3.63. The number of furan rings is 1. The van der Waals surface area contributed by atoms with Crippen LogP contribution >= 0.6 is 0 Å². The molecule has 1 spiro atoms. The summed E-state index contributed by atoms with van der Waals surface area (Å²) < 4.78 is 17.7. The second-order valence-corrected chi connectivity index (χ2v) is 6.90. The third-order valence-corrected chi connectivity index (χ3v) is 4.69. The Morgan fingerprint density at radius 2 is 2.17 bits per heavy atom. The van der Waals surface area contributed by atoms with E-state index in [9.17, 15) is 0 Å². The third kappa shape index (κ3) is 3.30. The summed E-state index contributed by atoms with van der Waals surface area (Å²) in [7, 11) is 0. The maximum Gasteiger partial charge on any atom is 0.316 e. The minimum absolute atomic E-state index is 0.0889. The topological polar surface area (TPSA) is 60.6 Å². The van der Waals surface area contributed by atoms with Gasteiger partial charge in [-0.05, 0) is 32.0 Å². The first-order valence-corrected chi connectivity index (χ1v) is 8.48. The summed E-state index contributed by atoms with van der Waals surface area (Å²) in [6.45, 7) is 7.32. The summed E-state index contributed by atoms with van der Waals surface area (Å²) in [5.74, 6) is 1.97. The summed E-state index contributed by atoms with van der Waals surface area (Å²) >= 11 is 0. The predicted octanol–water partition coefficient (Wildman–Crippen LogP) is 2.50. The van der Waals surface area contributed by atoms with E-state index >= 15 is 0 Å². The van der Waals surface area contributed by atoms with E-state index in [0.29, 0.717) is 6.01 Å². The Morgan fingerprint density at radius 3 is 2.92 bits per heavy atom. The highest BCUT2D eigenvalue weighted by atomic mass is 16.5. The monoisotopic (exact) mass is 329 g/mol. The standard InChI is InChI=1S/C18H23N3O3/c1-13-5-7-19-17(20-13)24-15-6-8-22-18(9-15)11-21(12-18)10-16-4-3-14(2)23-16/h3-5,7,15H,6,8-12H2,1-2H3/t15-/m0/s1. The highest BCUT2D eigenvalue weighted by Crippen LogP contribution is 2.36. The van der Waals surface area contributed by atoms with Gasteiger partial charge in [0.05, 0.1) is 18.8 Å². The van der Waals surface area contributed by atoms with Gasteiger partial charge in [0.25, 0.3) is 0 Å². The molecule has 1 atom stereocenters. The zero-order chi connectivity index (χ0) is 16.6. The van der Waals surface area contributed by atoms with E-state index in [-0.39, 0.29) is 11.7 Å². The first-order chi connectivity index (χ1) is 11.6. The number of rotatable bonds is 4. The van der Waals surface area contributed by atoms with Gasteiger partial charge in [-0.2, -0.15) is 0 Å². The fraction of sp³-hybridized carbons (Fsp3) is 0.556. The minimum atomic E-state index is -0.0889. The largest absolute Gasteiger partial charge is 0.465 e. The molecule has 2 fully saturated rings. The highest BCUT2D eigenvalue weighted by molar-refractivity contribution is 5.09. The van der Waals surface area contributed by atoms with Crippen molar-refractivity contribution in [1.29, 1.82) is 0 Å². The Hall–Kier alpha value is -1.92. The molecular formula is C18H23N3O3. The quantitative estimate of drug-likeness (QED) is 0.859. The van der Waals surface area contributed by atoms with Crippen molar-refractivity contribution in [3.05, 3.63) is 41.6 Å². The van der Waals surface area contributed by atoms with Crippen molar-refractivity contribution in [2.75, 3.05) is 19.7 Å². The molecule has 0 saturated carbocycles. The maximum absolute atomic E-state index is 6.07. The maximum atomic E-state index is 6.07. The Bertz CT molecular complexity index is 709. The summed E-state index contributed by atoms with van der Waals surface area (Å²) in [6, 6.07) is 6.40. The lowest BCUT2D eigenvalue weighted by Crippen LogP contribution is -2.65. The van der Waals surface area contributed by atoms with E-state index in [1.807, 2.05) is 32.0 Å². The molecule has 4 rings (SSSR count). The van der Waals surface area contributed by atoms with Crippen molar-refractivity contribution in [3.63, 3.8) is 0 Å². The van der Waals surface area contributed by atoms with Crippen molar-refractivity contribution in [2.24, 2.45) is 0 Å². The molecule has 0 aromatic carbocycles. The number of nitrogens with zero attached hydrogens (tertiary/aromatic N) is 3. The number of ether oxygens (including phenoxy) is 2. The van der Waals surface area contributed by atoms with Crippen LogP contribution in [0.25, 0.3) is 0 Å². The third-order valence-electron chi connectivity index (χ3n) is 4.69. The normalized spacial score (nSPS) is 23.2. The lowest BCUT2D eigenvalue weighted by atomic mass is 9.84. The van der Waals surface area contributed by atoms with Gasteiger partial charge >= 0.3 is 6.01 Å². The molecule has 6 heteroatoms. The lowest BCUT2D eigenvalue weighted by molar-refractivity contribution is -0.189. The number of likely N-dealkylation sites (tertiary alicyclic amines) is 1. The van der Waals surface area contributed by atoms with Crippen molar-refractivity contribution in [2.45, 2.75) is 44.9 Å². The van der Waals surface area contributed by atoms with Gasteiger partial charge < -0.3 is 13.9 Å². The van der Waals surface area contributed by atoms with Crippen molar-refractivity contribution >= 4 is 0 Å². The van der Waals surface area contributed by atoms with Crippen LogP contribution in [-0.4, -0.2) is 46.3 Å². The summed E-state index contributed by atoms with van der Waals surface area (Å²) in [5, 5.41) is 0. The van der Waals surface area contributed by atoms with Crippen LogP contribution in [0.4, 0.5) is 0 Å². The van der Waals surface area contributed by atoms with E-state index in [0.717, 1.165) is 56.3 Å². The Morgan fingerprint density at radius 1 is 1.29 bits per heavy atom. The van der Waals surface area contributed by atoms with Crippen LogP contribution in [0.5, 0.6) is 6.01 Å².